The average Bonchev–Trinajstić information content (AvgIpc) is 2.73. The van der Waals surface area contributed by atoms with Gasteiger partial charge in [0.05, 0.1) is 19.3 Å². The van der Waals surface area contributed by atoms with Gasteiger partial charge in [-0.15, -0.1) is 0 Å². The lowest BCUT2D eigenvalue weighted by molar-refractivity contribution is -0.115. The summed E-state index contributed by atoms with van der Waals surface area (Å²) >= 11 is 0. The third kappa shape index (κ3) is 6.17. The molecule has 3 aromatic rings. The lowest BCUT2D eigenvalue weighted by Crippen LogP contribution is -2.39. The Morgan fingerprint density at radius 3 is 1.59 bits per heavy atom. The molecular weight excluding hydrogens is 334 g/mol. The Morgan fingerprint density at radius 2 is 1.15 bits per heavy atom. The normalized spacial score (nSPS) is 12.0. The van der Waals surface area contributed by atoms with Crippen molar-refractivity contribution in [3.05, 3.63) is 108 Å². The van der Waals surface area contributed by atoms with E-state index in [9.17, 15) is 4.79 Å². The Labute approximate surface area is 161 Å². The van der Waals surface area contributed by atoms with Gasteiger partial charge in [0, 0.05) is 13.1 Å². The molecule has 3 nitrogen and oxygen atoms in total. The lowest BCUT2D eigenvalue weighted by atomic mass is 10.1. The summed E-state index contributed by atoms with van der Waals surface area (Å²) in [6, 6.07) is 30.2. The molecule has 0 saturated heterocycles. The summed E-state index contributed by atoms with van der Waals surface area (Å²) in [5, 5.41) is 0. The molecule has 0 N–H and O–H groups in total. The minimum Gasteiger partial charge on any atom is -0.375 e. The molecule has 0 amide bonds. The van der Waals surface area contributed by atoms with E-state index in [4.69, 9.17) is 4.74 Å². The molecule has 0 spiro atoms. The van der Waals surface area contributed by atoms with Crippen molar-refractivity contribution in [2.75, 3.05) is 6.61 Å². The monoisotopic (exact) mass is 359 g/mol. The molecule has 0 aliphatic rings. The van der Waals surface area contributed by atoms with E-state index in [1.165, 1.54) is 11.1 Å². The molecule has 0 aliphatic carbocycles. The number of ether oxygens (including phenoxy) is 1. The van der Waals surface area contributed by atoms with E-state index in [1.807, 2.05) is 66.7 Å². The maximum absolute atomic E-state index is 11.8. The van der Waals surface area contributed by atoms with Gasteiger partial charge in [-0.2, -0.15) is 0 Å². The van der Waals surface area contributed by atoms with Gasteiger partial charge in [-0.3, -0.25) is 4.90 Å². The van der Waals surface area contributed by atoms with E-state index in [2.05, 4.69) is 29.2 Å². The second kappa shape index (κ2) is 10.4. The number of carbonyl (C=O) groups excluding carboxylic acids is 1. The fourth-order valence-corrected chi connectivity index (χ4v) is 3.03. The Balaban J connectivity index is 1.67. The van der Waals surface area contributed by atoms with Crippen molar-refractivity contribution >= 4 is 6.29 Å². The van der Waals surface area contributed by atoms with E-state index in [0.717, 1.165) is 11.8 Å². The summed E-state index contributed by atoms with van der Waals surface area (Å²) in [6.07, 6.45) is 0.997. The van der Waals surface area contributed by atoms with Gasteiger partial charge < -0.3 is 9.53 Å². The van der Waals surface area contributed by atoms with Crippen LogP contribution in [0.2, 0.25) is 0 Å². The first-order valence-electron chi connectivity index (χ1n) is 9.24. The molecule has 0 bridgehead atoms. The molecule has 0 aliphatic heterocycles. The fourth-order valence-electron chi connectivity index (χ4n) is 3.03. The van der Waals surface area contributed by atoms with Gasteiger partial charge in [-0.1, -0.05) is 91.0 Å². The predicted octanol–water partition coefficient (Wildman–Crippen LogP) is 4.47. The second-order valence-electron chi connectivity index (χ2n) is 6.58. The summed E-state index contributed by atoms with van der Waals surface area (Å²) in [5.74, 6) is 0. The molecule has 0 heterocycles. The average molecular weight is 359 g/mol. The molecule has 3 rings (SSSR count). The van der Waals surface area contributed by atoms with Crippen LogP contribution in [0, 0.1) is 0 Å². The number of benzene rings is 3. The highest BCUT2D eigenvalue weighted by molar-refractivity contribution is 5.57. The predicted molar refractivity (Wildman–Crippen MR) is 108 cm³/mol. The third-order valence-corrected chi connectivity index (χ3v) is 4.48. The number of aldehydes is 1. The zero-order valence-corrected chi connectivity index (χ0v) is 15.4. The molecule has 0 unspecified atom stereocenters. The number of carbonyl (C=O) groups is 1. The zero-order valence-electron chi connectivity index (χ0n) is 15.4. The van der Waals surface area contributed by atoms with Crippen molar-refractivity contribution in [3.8, 4) is 0 Å². The van der Waals surface area contributed by atoms with Crippen LogP contribution >= 0.6 is 0 Å². The van der Waals surface area contributed by atoms with Gasteiger partial charge in [-0.25, -0.2) is 0 Å². The molecule has 1 atom stereocenters. The molecule has 3 aromatic carbocycles. The lowest BCUT2D eigenvalue weighted by Gasteiger charge is -2.28. The summed E-state index contributed by atoms with van der Waals surface area (Å²) in [4.78, 5) is 14.0. The highest BCUT2D eigenvalue weighted by Crippen LogP contribution is 2.14. The van der Waals surface area contributed by atoms with Crippen LogP contribution in [0.5, 0.6) is 0 Å². The summed E-state index contributed by atoms with van der Waals surface area (Å²) in [7, 11) is 0. The van der Waals surface area contributed by atoms with Crippen molar-refractivity contribution in [2.24, 2.45) is 0 Å². The Morgan fingerprint density at radius 1 is 0.704 bits per heavy atom. The SMILES string of the molecule is O=C[C@H](COCc1ccccc1)N(Cc1ccccc1)Cc1ccccc1. The van der Waals surface area contributed by atoms with Crippen LogP contribution in [0.1, 0.15) is 16.7 Å². The van der Waals surface area contributed by atoms with Crippen LogP contribution < -0.4 is 0 Å². The first kappa shape index (κ1) is 19.0. The molecule has 27 heavy (non-hydrogen) atoms. The molecule has 0 saturated carbocycles. The maximum Gasteiger partial charge on any atom is 0.139 e. The van der Waals surface area contributed by atoms with E-state index >= 15 is 0 Å². The number of hydrogen-bond acceptors (Lipinski definition) is 3. The van der Waals surface area contributed by atoms with E-state index in [1.54, 1.807) is 0 Å². The van der Waals surface area contributed by atoms with Crippen molar-refractivity contribution in [3.63, 3.8) is 0 Å². The maximum atomic E-state index is 11.8. The molecule has 0 aromatic heterocycles. The summed E-state index contributed by atoms with van der Waals surface area (Å²) in [5.41, 5.74) is 3.48. The number of hydrogen-bond donors (Lipinski definition) is 0. The molecule has 0 radical (unpaired) electrons. The van der Waals surface area contributed by atoms with E-state index in [0.29, 0.717) is 26.3 Å². The standard InChI is InChI=1S/C24H25NO2/c26-18-24(20-27-19-23-14-8-3-9-15-23)25(16-21-10-4-1-5-11-21)17-22-12-6-2-7-13-22/h1-15,18,24H,16-17,19-20H2/t24-/m1/s1. The van der Waals surface area contributed by atoms with Gasteiger partial charge in [0.25, 0.3) is 0 Å². The Kier molecular flexibility index (Phi) is 7.34. The minimum absolute atomic E-state index is 0.297. The highest BCUT2D eigenvalue weighted by atomic mass is 16.5. The largest absolute Gasteiger partial charge is 0.375 e. The quantitative estimate of drug-likeness (QED) is 0.500. The van der Waals surface area contributed by atoms with Gasteiger partial charge >= 0.3 is 0 Å². The van der Waals surface area contributed by atoms with Crippen LogP contribution in [0.15, 0.2) is 91.0 Å². The molecule has 138 valence electrons. The van der Waals surface area contributed by atoms with Crippen LogP contribution in [0.3, 0.4) is 0 Å². The van der Waals surface area contributed by atoms with Gasteiger partial charge in [0.2, 0.25) is 0 Å². The van der Waals surface area contributed by atoms with Crippen LogP contribution in [-0.2, 0) is 29.2 Å². The van der Waals surface area contributed by atoms with Crippen molar-refractivity contribution < 1.29 is 9.53 Å². The van der Waals surface area contributed by atoms with Gasteiger partial charge in [0.15, 0.2) is 0 Å². The Bertz CT molecular complexity index is 749. The fraction of sp³-hybridized carbons (Fsp3) is 0.208. The van der Waals surface area contributed by atoms with E-state index < -0.39 is 0 Å². The summed E-state index contributed by atoms with van der Waals surface area (Å²) < 4.78 is 5.86. The highest BCUT2D eigenvalue weighted by Gasteiger charge is 2.19. The second-order valence-corrected chi connectivity index (χ2v) is 6.58. The smallest absolute Gasteiger partial charge is 0.139 e. The number of rotatable bonds is 10. The zero-order chi connectivity index (χ0) is 18.7. The van der Waals surface area contributed by atoms with Gasteiger partial charge in [-0.05, 0) is 16.7 Å². The molecular formula is C24H25NO2. The van der Waals surface area contributed by atoms with Crippen LogP contribution in [-0.4, -0.2) is 23.8 Å². The van der Waals surface area contributed by atoms with Gasteiger partial charge in [0.1, 0.15) is 6.29 Å². The van der Waals surface area contributed by atoms with Crippen LogP contribution in [0.25, 0.3) is 0 Å². The number of nitrogens with zero attached hydrogens (tertiary/aromatic N) is 1. The topological polar surface area (TPSA) is 29.5 Å². The van der Waals surface area contributed by atoms with E-state index in [-0.39, 0.29) is 6.04 Å². The Hall–Kier alpha value is -2.75. The first-order chi connectivity index (χ1) is 13.3. The molecule has 3 heteroatoms. The minimum atomic E-state index is -0.297. The summed E-state index contributed by atoms with van der Waals surface area (Å²) in [6.45, 7) is 2.29. The third-order valence-electron chi connectivity index (χ3n) is 4.48. The van der Waals surface area contributed by atoms with Crippen molar-refractivity contribution in [1.29, 1.82) is 0 Å². The van der Waals surface area contributed by atoms with Crippen molar-refractivity contribution in [1.82, 2.24) is 4.90 Å². The molecule has 0 fully saturated rings. The first-order valence-corrected chi connectivity index (χ1v) is 9.24. The van der Waals surface area contributed by atoms with Crippen molar-refractivity contribution in [2.45, 2.75) is 25.7 Å². The van der Waals surface area contributed by atoms with Crippen LogP contribution in [0.4, 0.5) is 0 Å².